The Morgan fingerprint density at radius 3 is 2.70 bits per heavy atom. The molecular formula is C23H34O4. The van der Waals surface area contributed by atoms with E-state index >= 15 is 0 Å². The van der Waals surface area contributed by atoms with Crippen LogP contribution in [0.1, 0.15) is 78.6 Å². The van der Waals surface area contributed by atoms with E-state index in [0.29, 0.717) is 23.4 Å². The maximum absolute atomic E-state index is 11.9. The van der Waals surface area contributed by atoms with Crippen molar-refractivity contribution in [3.63, 3.8) is 0 Å². The number of hydrogen-bond donors (Lipinski definition) is 1. The highest BCUT2D eigenvalue weighted by Crippen LogP contribution is 2.73. The molecule has 150 valence electrons. The Bertz CT molecular complexity index is 682. The Labute approximate surface area is 162 Å². The number of rotatable bonds is 4. The SMILES string of the molecule is CC1=C[C@H]2CC[C@@H]3[C@](C)(COC(=O)CC(=O)O)CCC[C@@]3(C)[C@]23CC[C@H]1C3. The molecule has 4 rings (SSSR count). The van der Waals surface area contributed by atoms with E-state index in [2.05, 4.69) is 26.8 Å². The van der Waals surface area contributed by atoms with Crippen LogP contribution >= 0.6 is 0 Å². The van der Waals surface area contributed by atoms with Gasteiger partial charge in [-0.05, 0) is 80.5 Å². The molecule has 4 aliphatic rings. The fourth-order valence-electron chi connectivity index (χ4n) is 7.89. The minimum atomic E-state index is -1.11. The van der Waals surface area contributed by atoms with Gasteiger partial charge < -0.3 is 9.84 Å². The van der Waals surface area contributed by atoms with Gasteiger partial charge >= 0.3 is 11.9 Å². The number of carboxylic acid groups (broad SMARTS) is 1. The summed E-state index contributed by atoms with van der Waals surface area (Å²) in [6.45, 7) is 7.53. The van der Waals surface area contributed by atoms with E-state index < -0.39 is 18.4 Å². The van der Waals surface area contributed by atoms with Crippen molar-refractivity contribution in [2.24, 2.45) is 34.0 Å². The topological polar surface area (TPSA) is 63.6 Å². The average molecular weight is 375 g/mol. The smallest absolute Gasteiger partial charge is 0.317 e. The van der Waals surface area contributed by atoms with Gasteiger partial charge in [-0.2, -0.15) is 0 Å². The van der Waals surface area contributed by atoms with Crippen LogP contribution in [0.15, 0.2) is 11.6 Å². The highest BCUT2D eigenvalue weighted by Gasteiger charge is 2.65. The van der Waals surface area contributed by atoms with E-state index in [1.807, 2.05) is 0 Å². The molecule has 0 aromatic heterocycles. The maximum Gasteiger partial charge on any atom is 0.317 e. The van der Waals surface area contributed by atoms with Gasteiger partial charge in [0.15, 0.2) is 0 Å². The van der Waals surface area contributed by atoms with Crippen LogP contribution in [0, 0.1) is 34.0 Å². The number of aliphatic carboxylic acids is 1. The lowest BCUT2D eigenvalue weighted by molar-refractivity contribution is -0.178. The molecule has 0 aromatic carbocycles. The van der Waals surface area contributed by atoms with Crippen molar-refractivity contribution in [2.45, 2.75) is 78.6 Å². The molecule has 4 aliphatic carbocycles. The summed E-state index contributed by atoms with van der Waals surface area (Å²) in [7, 11) is 0. The zero-order valence-corrected chi connectivity index (χ0v) is 17.1. The van der Waals surface area contributed by atoms with Crippen LogP contribution < -0.4 is 0 Å². The fourth-order valence-corrected chi connectivity index (χ4v) is 7.89. The molecule has 0 aromatic rings. The summed E-state index contributed by atoms with van der Waals surface area (Å²) in [5.74, 6) is 0.338. The minimum absolute atomic E-state index is 0.0326. The van der Waals surface area contributed by atoms with Crippen LogP contribution in [0.2, 0.25) is 0 Å². The minimum Gasteiger partial charge on any atom is -0.481 e. The monoisotopic (exact) mass is 374 g/mol. The van der Waals surface area contributed by atoms with Crippen molar-refractivity contribution < 1.29 is 19.4 Å². The number of ether oxygens (including phenoxy) is 1. The number of fused-ring (bicyclic) bond motifs is 2. The Morgan fingerprint density at radius 2 is 1.96 bits per heavy atom. The molecule has 3 saturated carbocycles. The molecule has 0 heterocycles. The summed E-state index contributed by atoms with van der Waals surface area (Å²) < 4.78 is 5.49. The molecule has 0 saturated heterocycles. The molecule has 3 fully saturated rings. The molecule has 1 N–H and O–H groups in total. The standard InChI is InChI=1S/C23H34O4/c1-15-11-17-5-6-18-21(2,14-27-20(26)12-19(24)25)8-4-9-22(18,3)23(17)10-7-16(15)13-23/h11,16-18H,4-10,12-14H2,1-3H3,(H,24,25)/t16-,17+,18+,21-,22+,23-/m0/s1. The number of allylic oxidation sites excluding steroid dienone is 2. The first-order valence-corrected chi connectivity index (χ1v) is 10.8. The molecule has 4 nitrogen and oxygen atoms in total. The third-order valence-electron chi connectivity index (χ3n) is 9.18. The van der Waals surface area contributed by atoms with Crippen molar-refractivity contribution in [2.75, 3.05) is 6.61 Å². The Balaban J connectivity index is 1.59. The normalized spacial score (nSPS) is 45.4. The lowest BCUT2D eigenvalue weighted by Gasteiger charge is -2.65. The van der Waals surface area contributed by atoms with Crippen molar-refractivity contribution in [3.8, 4) is 0 Å². The number of hydrogen-bond acceptors (Lipinski definition) is 3. The molecule has 2 bridgehead atoms. The Kier molecular flexibility index (Phi) is 4.47. The van der Waals surface area contributed by atoms with Gasteiger partial charge in [-0.1, -0.05) is 31.9 Å². The highest BCUT2D eigenvalue weighted by atomic mass is 16.5. The van der Waals surface area contributed by atoms with E-state index in [-0.39, 0.29) is 5.41 Å². The quantitative estimate of drug-likeness (QED) is 0.428. The summed E-state index contributed by atoms with van der Waals surface area (Å²) in [5, 5.41) is 8.83. The van der Waals surface area contributed by atoms with Gasteiger partial charge in [0.25, 0.3) is 0 Å². The largest absolute Gasteiger partial charge is 0.481 e. The molecule has 27 heavy (non-hydrogen) atoms. The first kappa shape index (κ1) is 19.0. The summed E-state index contributed by atoms with van der Waals surface area (Å²) >= 11 is 0. The summed E-state index contributed by atoms with van der Waals surface area (Å²) in [4.78, 5) is 22.6. The Hall–Kier alpha value is -1.32. The van der Waals surface area contributed by atoms with Gasteiger partial charge in [0.2, 0.25) is 0 Å². The van der Waals surface area contributed by atoms with Gasteiger partial charge in [0, 0.05) is 5.41 Å². The van der Waals surface area contributed by atoms with E-state index in [1.54, 1.807) is 5.57 Å². The average Bonchev–Trinajstić information content (AvgIpc) is 2.98. The van der Waals surface area contributed by atoms with E-state index in [1.165, 1.54) is 44.9 Å². The predicted molar refractivity (Wildman–Crippen MR) is 103 cm³/mol. The van der Waals surface area contributed by atoms with Crippen LogP contribution in [0.5, 0.6) is 0 Å². The third-order valence-corrected chi connectivity index (χ3v) is 9.18. The second-order valence-corrected chi connectivity index (χ2v) is 10.4. The van der Waals surface area contributed by atoms with Gasteiger partial charge in [-0.15, -0.1) is 0 Å². The zero-order valence-electron chi connectivity index (χ0n) is 17.1. The Morgan fingerprint density at radius 1 is 1.19 bits per heavy atom. The van der Waals surface area contributed by atoms with Crippen LogP contribution in [-0.4, -0.2) is 23.7 Å². The number of esters is 1. The van der Waals surface area contributed by atoms with Crippen molar-refractivity contribution in [1.29, 1.82) is 0 Å². The molecule has 0 amide bonds. The van der Waals surface area contributed by atoms with Crippen molar-refractivity contribution >= 4 is 11.9 Å². The van der Waals surface area contributed by atoms with E-state index in [9.17, 15) is 9.59 Å². The number of carboxylic acids is 1. The third kappa shape index (κ3) is 2.77. The first-order valence-electron chi connectivity index (χ1n) is 10.8. The fraction of sp³-hybridized carbons (Fsp3) is 0.826. The predicted octanol–water partition coefficient (Wildman–Crippen LogP) is 4.97. The summed E-state index contributed by atoms with van der Waals surface area (Å²) in [6, 6.07) is 0. The first-order chi connectivity index (χ1) is 12.7. The van der Waals surface area contributed by atoms with Gasteiger partial charge in [-0.3, -0.25) is 9.59 Å². The van der Waals surface area contributed by atoms with Crippen molar-refractivity contribution in [1.82, 2.24) is 0 Å². The lowest BCUT2D eigenvalue weighted by atomic mass is 9.39. The van der Waals surface area contributed by atoms with Gasteiger partial charge in [0.1, 0.15) is 6.42 Å². The van der Waals surface area contributed by atoms with Crippen LogP contribution in [-0.2, 0) is 14.3 Å². The maximum atomic E-state index is 11.9. The second-order valence-electron chi connectivity index (χ2n) is 10.4. The van der Waals surface area contributed by atoms with Crippen LogP contribution in [0.4, 0.5) is 0 Å². The summed E-state index contributed by atoms with van der Waals surface area (Å²) in [5.41, 5.74) is 2.31. The van der Waals surface area contributed by atoms with E-state index in [0.717, 1.165) is 18.3 Å². The molecule has 1 spiro atoms. The molecule has 0 radical (unpaired) electrons. The second kappa shape index (κ2) is 6.35. The highest BCUT2D eigenvalue weighted by molar-refractivity contribution is 5.90. The number of carbonyl (C=O) groups excluding carboxylic acids is 1. The molecule has 6 atom stereocenters. The van der Waals surface area contributed by atoms with Gasteiger partial charge in [-0.25, -0.2) is 0 Å². The molecule has 4 heteroatoms. The van der Waals surface area contributed by atoms with Crippen LogP contribution in [0.3, 0.4) is 0 Å². The molecule has 0 aliphatic heterocycles. The molecule has 0 unspecified atom stereocenters. The van der Waals surface area contributed by atoms with Crippen LogP contribution in [0.25, 0.3) is 0 Å². The number of carbonyl (C=O) groups is 2. The lowest BCUT2D eigenvalue weighted by Crippen LogP contribution is -2.59. The zero-order chi connectivity index (χ0) is 19.4. The summed E-state index contributed by atoms with van der Waals surface area (Å²) in [6.07, 6.45) is 12.1. The van der Waals surface area contributed by atoms with Crippen molar-refractivity contribution in [3.05, 3.63) is 11.6 Å². The van der Waals surface area contributed by atoms with Gasteiger partial charge in [0.05, 0.1) is 6.61 Å². The van der Waals surface area contributed by atoms with E-state index in [4.69, 9.17) is 9.84 Å². The molecular weight excluding hydrogens is 340 g/mol.